The molecule has 0 atom stereocenters. The molecular formula is C9H6FN5O2. The molecule has 0 aliphatic carbocycles. The number of hydrogen-bond acceptors (Lipinski definition) is 4. The van der Waals surface area contributed by atoms with Crippen molar-refractivity contribution < 1.29 is 9.31 Å². The Bertz CT molecular complexity index is 569. The number of azide groups is 1. The van der Waals surface area contributed by atoms with Crippen LogP contribution >= 0.6 is 0 Å². The molecular weight excluding hydrogens is 229 g/mol. The zero-order chi connectivity index (χ0) is 12.8. The number of nitrogen functional groups attached to an aromatic ring is 1. The highest BCUT2D eigenvalue weighted by Gasteiger charge is 2.16. The number of rotatable bonds is 2. The van der Waals surface area contributed by atoms with Gasteiger partial charge in [0.25, 0.3) is 5.69 Å². The van der Waals surface area contributed by atoms with E-state index in [0.29, 0.717) is 6.07 Å². The number of hydrogen-bond donors (Lipinski definition) is 1. The van der Waals surface area contributed by atoms with Crippen molar-refractivity contribution >= 4 is 11.4 Å². The quantitative estimate of drug-likeness (QED) is 0.160. The Morgan fingerprint density at radius 1 is 1.65 bits per heavy atom. The summed E-state index contributed by atoms with van der Waals surface area (Å²) in [6, 6.07) is 1.69. The van der Waals surface area contributed by atoms with Crippen molar-refractivity contribution in [2.45, 2.75) is 0 Å². The first-order chi connectivity index (χ1) is 8.06. The highest BCUT2D eigenvalue weighted by molar-refractivity contribution is 5.68. The summed E-state index contributed by atoms with van der Waals surface area (Å²) < 4.78 is 13.0. The molecule has 2 N–H and O–H groups in total. The molecule has 0 saturated heterocycles. The van der Waals surface area contributed by atoms with Crippen LogP contribution in [0.5, 0.6) is 0 Å². The molecule has 0 bridgehead atoms. The fourth-order valence-corrected chi connectivity index (χ4v) is 1.06. The van der Waals surface area contributed by atoms with Crippen LogP contribution in [-0.4, -0.2) is 11.5 Å². The van der Waals surface area contributed by atoms with Crippen molar-refractivity contribution in [1.29, 1.82) is 0 Å². The van der Waals surface area contributed by atoms with Crippen molar-refractivity contribution in [1.82, 2.24) is 0 Å². The lowest BCUT2D eigenvalue weighted by molar-refractivity contribution is -0.384. The minimum absolute atomic E-state index is 0.00941. The van der Waals surface area contributed by atoms with Crippen molar-refractivity contribution in [2.75, 3.05) is 12.3 Å². The maximum absolute atomic E-state index is 13.0. The largest absolute Gasteiger partial charge is 0.392 e. The monoisotopic (exact) mass is 235 g/mol. The SMILES string of the molecule is [N-]=[N+]=NCC#Cc1cc(F)cc([N+](=O)[O-])c1N. The molecule has 0 aliphatic rings. The highest BCUT2D eigenvalue weighted by atomic mass is 19.1. The highest BCUT2D eigenvalue weighted by Crippen LogP contribution is 2.25. The van der Waals surface area contributed by atoms with E-state index in [0.717, 1.165) is 6.07 Å². The summed E-state index contributed by atoms with van der Waals surface area (Å²) >= 11 is 0. The number of anilines is 1. The Kier molecular flexibility index (Phi) is 3.86. The molecule has 0 spiro atoms. The van der Waals surface area contributed by atoms with E-state index in [1.165, 1.54) is 0 Å². The molecule has 7 nitrogen and oxygen atoms in total. The van der Waals surface area contributed by atoms with Crippen LogP contribution in [0.3, 0.4) is 0 Å². The number of nitro groups is 1. The molecule has 0 aliphatic heterocycles. The van der Waals surface area contributed by atoms with E-state index in [-0.39, 0.29) is 17.8 Å². The van der Waals surface area contributed by atoms with Crippen LogP contribution in [0, 0.1) is 27.8 Å². The molecule has 1 aromatic rings. The standard InChI is InChI=1S/C9H6FN5O2/c10-7-4-6(2-1-3-13-14-12)9(11)8(5-7)15(16)17/h4-5H,3,11H2. The van der Waals surface area contributed by atoms with E-state index in [4.69, 9.17) is 11.3 Å². The Morgan fingerprint density at radius 2 is 2.35 bits per heavy atom. The Labute approximate surface area is 94.8 Å². The minimum atomic E-state index is -0.806. The van der Waals surface area contributed by atoms with Gasteiger partial charge in [0.1, 0.15) is 11.5 Å². The topological polar surface area (TPSA) is 118 Å². The van der Waals surface area contributed by atoms with Gasteiger partial charge in [-0.2, -0.15) is 0 Å². The Morgan fingerprint density at radius 3 is 2.94 bits per heavy atom. The summed E-state index contributed by atoms with van der Waals surface area (Å²) in [6.07, 6.45) is 0. The summed E-state index contributed by atoms with van der Waals surface area (Å²) in [6.45, 7) is -0.125. The Hall–Kier alpha value is -2.78. The zero-order valence-corrected chi connectivity index (χ0v) is 8.42. The molecule has 0 radical (unpaired) electrons. The van der Waals surface area contributed by atoms with Crippen molar-refractivity contribution in [3.05, 3.63) is 44.1 Å². The van der Waals surface area contributed by atoms with E-state index in [2.05, 4.69) is 21.9 Å². The van der Waals surface area contributed by atoms with E-state index in [9.17, 15) is 14.5 Å². The molecule has 0 heterocycles. The van der Waals surface area contributed by atoms with Gasteiger partial charge in [0, 0.05) is 4.91 Å². The van der Waals surface area contributed by atoms with Crippen LogP contribution in [0.25, 0.3) is 10.4 Å². The lowest BCUT2D eigenvalue weighted by atomic mass is 10.1. The zero-order valence-electron chi connectivity index (χ0n) is 8.42. The average Bonchev–Trinajstić information content (AvgIpc) is 2.28. The third-order valence-electron chi connectivity index (χ3n) is 1.76. The third kappa shape index (κ3) is 3.09. The van der Waals surface area contributed by atoms with Gasteiger partial charge in [-0.3, -0.25) is 10.1 Å². The summed E-state index contributed by atoms with van der Waals surface area (Å²) in [7, 11) is 0. The fourth-order valence-electron chi connectivity index (χ4n) is 1.06. The molecule has 1 rings (SSSR count). The van der Waals surface area contributed by atoms with E-state index in [1.807, 2.05) is 0 Å². The maximum Gasteiger partial charge on any atom is 0.296 e. The minimum Gasteiger partial charge on any atom is -0.392 e. The predicted octanol–water partition coefficient (Wildman–Crippen LogP) is 1.98. The van der Waals surface area contributed by atoms with Gasteiger partial charge in [-0.05, 0) is 11.6 Å². The van der Waals surface area contributed by atoms with E-state index >= 15 is 0 Å². The number of nitrogens with zero attached hydrogens (tertiary/aromatic N) is 4. The molecule has 0 amide bonds. The van der Waals surface area contributed by atoms with Gasteiger partial charge in [-0.15, -0.1) is 0 Å². The summed E-state index contributed by atoms with van der Waals surface area (Å²) in [5.74, 6) is 3.99. The second kappa shape index (κ2) is 5.34. The first kappa shape index (κ1) is 12.3. The van der Waals surface area contributed by atoms with Crippen molar-refractivity contribution in [2.24, 2.45) is 5.11 Å². The molecule has 0 unspecified atom stereocenters. The van der Waals surface area contributed by atoms with E-state index < -0.39 is 16.4 Å². The second-order valence-corrected chi connectivity index (χ2v) is 2.83. The maximum atomic E-state index is 13.0. The number of nitro benzene ring substituents is 1. The normalized spacial score (nSPS) is 8.76. The first-order valence-electron chi connectivity index (χ1n) is 4.29. The van der Waals surface area contributed by atoms with Crippen LogP contribution in [0.15, 0.2) is 17.2 Å². The molecule has 0 aromatic heterocycles. The molecule has 8 heteroatoms. The summed E-state index contributed by atoms with van der Waals surface area (Å²) in [5.41, 5.74) is 12.7. The average molecular weight is 235 g/mol. The van der Waals surface area contributed by atoms with Crippen molar-refractivity contribution in [3.63, 3.8) is 0 Å². The smallest absolute Gasteiger partial charge is 0.296 e. The van der Waals surface area contributed by atoms with Crippen LogP contribution in [0.2, 0.25) is 0 Å². The van der Waals surface area contributed by atoms with Gasteiger partial charge in [0.05, 0.1) is 23.1 Å². The van der Waals surface area contributed by atoms with Gasteiger partial charge in [-0.1, -0.05) is 17.0 Å². The van der Waals surface area contributed by atoms with Gasteiger partial charge < -0.3 is 5.73 Å². The van der Waals surface area contributed by atoms with E-state index in [1.54, 1.807) is 0 Å². The summed E-state index contributed by atoms with van der Waals surface area (Å²) in [5, 5.41) is 13.7. The van der Waals surface area contributed by atoms with Gasteiger partial charge in [0.2, 0.25) is 0 Å². The van der Waals surface area contributed by atoms with Crippen LogP contribution < -0.4 is 5.73 Å². The lowest BCUT2D eigenvalue weighted by Gasteiger charge is -2.00. The van der Waals surface area contributed by atoms with Gasteiger partial charge >= 0.3 is 0 Å². The van der Waals surface area contributed by atoms with Gasteiger partial charge in [0.15, 0.2) is 0 Å². The first-order valence-corrected chi connectivity index (χ1v) is 4.29. The molecule has 1 aromatic carbocycles. The fraction of sp³-hybridized carbons (Fsp3) is 0.111. The molecule has 0 saturated carbocycles. The number of halogens is 1. The lowest BCUT2D eigenvalue weighted by Crippen LogP contribution is -1.99. The van der Waals surface area contributed by atoms with Crippen LogP contribution in [0.4, 0.5) is 15.8 Å². The Balaban J connectivity index is 3.18. The second-order valence-electron chi connectivity index (χ2n) is 2.83. The van der Waals surface area contributed by atoms with Crippen LogP contribution in [0.1, 0.15) is 5.56 Å². The molecule has 0 fully saturated rings. The van der Waals surface area contributed by atoms with Gasteiger partial charge in [-0.25, -0.2) is 4.39 Å². The number of nitrogens with two attached hydrogens (primary N) is 1. The molecule has 86 valence electrons. The molecule has 17 heavy (non-hydrogen) atoms. The summed E-state index contributed by atoms with van der Waals surface area (Å²) in [4.78, 5) is 12.2. The number of benzene rings is 1. The predicted molar refractivity (Wildman–Crippen MR) is 58.4 cm³/mol. The third-order valence-corrected chi connectivity index (χ3v) is 1.76. The van der Waals surface area contributed by atoms with Crippen LogP contribution in [-0.2, 0) is 0 Å². The van der Waals surface area contributed by atoms with Crippen molar-refractivity contribution in [3.8, 4) is 11.8 Å².